The first kappa shape index (κ1) is 14.9. The molecular formula is C13H13N3O4S. The molecule has 0 aliphatic carbocycles. The highest BCUT2D eigenvalue weighted by molar-refractivity contribution is 7.10. The molecule has 8 heteroatoms. The molecule has 1 aromatic heterocycles. The minimum Gasteiger partial charge on any atom is -0.494 e. The van der Waals surface area contributed by atoms with E-state index in [4.69, 9.17) is 10.5 Å². The van der Waals surface area contributed by atoms with Gasteiger partial charge in [-0.05, 0) is 17.5 Å². The lowest BCUT2D eigenvalue weighted by molar-refractivity contribution is -0.384. The molecule has 21 heavy (non-hydrogen) atoms. The first-order valence-electron chi connectivity index (χ1n) is 5.95. The van der Waals surface area contributed by atoms with Crippen molar-refractivity contribution in [2.24, 2.45) is 5.73 Å². The summed E-state index contributed by atoms with van der Waals surface area (Å²) in [4.78, 5) is 23.0. The highest BCUT2D eigenvalue weighted by Crippen LogP contribution is 2.30. The van der Waals surface area contributed by atoms with Crippen molar-refractivity contribution >= 4 is 28.6 Å². The summed E-state index contributed by atoms with van der Waals surface area (Å²) < 4.78 is 5.05. The van der Waals surface area contributed by atoms with Crippen LogP contribution in [0, 0.1) is 10.1 Å². The molecule has 1 aromatic carbocycles. The lowest BCUT2D eigenvalue weighted by Gasteiger charge is -2.13. The molecule has 1 heterocycles. The Kier molecular flexibility index (Phi) is 4.51. The molecule has 0 aliphatic heterocycles. The average molecular weight is 307 g/mol. The summed E-state index contributed by atoms with van der Waals surface area (Å²) in [6.07, 6.45) is 0. The second kappa shape index (κ2) is 6.33. The van der Waals surface area contributed by atoms with E-state index in [1.807, 2.05) is 5.38 Å². The van der Waals surface area contributed by atoms with Gasteiger partial charge in [-0.3, -0.25) is 14.9 Å². The predicted molar refractivity (Wildman–Crippen MR) is 79.5 cm³/mol. The Bertz CT molecular complexity index is 657. The van der Waals surface area contributed by atoms with E-state index in [-0.39, 0.29) is 11.4 Å². The van der Waals surface area contributed by atoms with Crippen molar-refractivity contribution in [1.29, 1.82) is 0 Å². The number of non-ortho nitro benzene ring substituents is 1. The number of amides is 1. The van der Waals surface area contributed by atoms with Crippen molar-refractivity contribution < 1.29 is 14.5 Å². The number of anilines is 1. The number of methoxy groups -OCH3 is 1. The number of hydrogen-bond acceptors (Lipinski definition) is 6. The van der Waals surface area contributed by atoms with Gasteiger partial charge in [0.1, 0.15) is 11.8 Å². The standard InChI is InChI=1S/C13H13N3O4S/c1-20-10-7-8(16(18)19)4-5-9(10)15-13(17)12(14)11-3-2-6-21-11/h2-7,12H,14H2,1H3,(H,15,17). The summed E-state index contributed by atoms with van der Waals surface area (Å²) >= 11 is 1.38. The third-order valence-corrected chi connectivity index (χ3v) is 3.74. The van der Waals surface area contributed by atoms with Crippen LogP contribution in [-0.4, -0.2) is 17.9 Å². The molecular weight excluding hydrogens is 294 g/mol. The molecule has 0 radical (unpaired) electrons. The molecule has 0 saturated carbocycles. The van der Waals surface area contributed by atoms with Gasteiger partial charge in [0.05, 0.1) is 23.8 Å². The fourth-order valence-electron chi connectivity index (χ4n) is 1.70. The normalized spacial score (nSPS) is 11.7. The van der Waals surface area contributed by atoms with Crippen LogP contribution in [-0.2, 0) is 4.79 Å². The molecule has 0 aliphatic rings. The molecule has 1 unspecified atom stereocenters. The molecule has 7 nitrogen and oxygen atoms in total. The van der Waals surface area contributed by atoms with Gasteiger partial charge in [-0.1, -0.05) is 6.07 Å². The van der Waals surface area contributed by atoms with Crippen LogP contribution in [0.1, 0.15) is 10.9 Å². The van der Waals surface area contributed by atoms with Crippen molar-refractivity contribution in [3.8, 4) is 5.75 Å². The van der Waals surface area contributed by atoms with Crippen LogP contribution in [0.2, 0.25) is 0 Å². The van der Waals surface area contributed by atoms with E-state index < -0.39 is 16.9 Å². The van der Waals surface area contributed by atoms with Gasteiger partial charge in [0.15, 0.2) is 0 Å². The predicted octanol–water partition coefficient (Wildman–Crippen LogP) is 2.30. The average Bonchev–Trinajstić information content (AvgIpc) is 3.00. The van der Waals surface area contributed by atoms with Crippen molar-refractivity contribution in [1.82, 2.24) is 0 Å². The number of benzene rings is 1. The lowest BCUT2D eigenvalue weighted by Crippen LogP contribution is -2.27. The van der Waals surface area contributed by atoms with E-state index in [1.165, 1.54) is 36.6 Å². The SMILES string of the molecule is COc1cc([N+](=O)[O-])ccc1NC(=O)C(N)c1cccs1. The summed E-state index contributed by atoms with van der Waals surface area (Å²) in [5.74, 6) is -0.208. The maximum atomic E-state index is 12.1. The first-order valence-corrected chi connectivity index (χ1v) is 6.83. The summed E-state index contributed by atoms with van der Waals surface area (Å²) in [6, 6.07) is 6.71. The zero-order chi connectivity index (χ0) is 15.4. The van der Waals surface area contributed by atoms with Gasteiger partial charge in [0, 0.05) is 10.9 Å². The van der Waals surface area contributed by atoms with Gasteiger partial charge in [-0.15, -0.1) is 11.3 Å². The highest BCUT2D eigenvalue weighted by Gasteiger charge is 2.19. The highest BCUT2D eigenvalue weighted by atomic mass is 32.1. The molecule has 0 saturated heterocycles. The smallest absolute Gasteiger partial charge is 0.273 e. The maximum absolute atomic E-state index is 12.1. The number of hydrogen-bond donors (Lipinski definition) is 2. The molecule has 2 aromatic rings. The third kappa shape index (κ3) is 3.36. The molecule has 1 amide bonds. The Labute approximate surface area is 124 Å². The van der Waals surface area contributed by atoms with Crippen molar-refractivity contribution in [2.45, 2.75) is 6.04 Å². The summed E-state index contributed by atoms with van der Waals surface area (Å²) in [5, 5.41) is 15.1. The Balaban J connectivity index is 2.19. The number of nitrogens with two attached hydrogens (primary N) is 1. The molecule has 1 atom stereocenters. The van der Waals surface area contributed by atoms with Gasteiger partial charge < -0.3 is 15.8 Å². The van der Waals surface area contributed by atoms with Crippen LogP contribution in [0.3, 0.4) is 0 Å². The fourth-order valence-corrected chi connectivity index (χ4v) is 2.43. The van der Waals surface area contributed by atoms with Gasteiger partial charge in [-0.2, -0.15) is 0 Å². The van der Waals surface area contributed by atoms with Crippen LogP contribution in [0.15, 0.2) is 35.7 Å². The number of ether oxygens (including phenoxy) is 1. The quantitative estimate of drug-likeness (QED) is 0.651. The number of nitrogens with zero attached hydrogens (tertiary/aromatic N) is 1. The number of thiophene rings is 1. The van der Waals surface area contributed by atoms with Gasteiger partial charge in [0.2, 0.25) is 5.91 Å². The van der Waals surface area contributed by atoms with Crippen LogP contribution >= 0.6 is 11.3 Å². The maximum Gasteiger partial charge on any atom is 0.273 e. The molecule has 3 N–H and O–H groups in total. The second-order valence-corrected chi connectivity index (χ2v) is 5.10. The zero-order valence-corrected chi connectivity index (χ0v) is 11.9. The van der Waals surface area contributed by atoms with E-state index in [0.29, 0.717) is 5.69 Å². The first-order chi connectivity index (χ1) is 10.0. The monoisotopic (exact) mass is 307 g/mol. The van der Waals surface area contributed by atoms with Crippen LogP contribution in [0.4, 0.5) is 11.4 Å². The number of rotatable bonds is 5. The molecule has 0 spiro atoms. The van der Waals surface area contributed by atoms with E-state index in [0.717, 1.165) is 4.88 Å². The molecule has 110 valence electrons. The number of nitro benzene ring substituents is 1. The minimum absolute atomic E-state index is 0.118. The van der Waals surface area contributed by atoms with Crippen LogP contribution in [0.25, 0.3) is 0 Å². The number of carbonyl (C=O) groups excluding carboxylic acids is 1. The molecule has 0 bridgehead atoms. The summed E-state index contributed by atoms with van der Waals surface area (Å²) in [6.45, 7) is 0. The number of nitro groups is 1. The van der Waals surface area contributed by atoms with Crippen molar-refractivity contribution in [3.63, 3.8) is 0 Å². The van der Waals surface area contributed by atoms with Gasteiger partial charge >= 0.3 is 0 Å². The van der Waals surface area contributed by atoms with Crippen molar-refractivity contribution in [2.75, 3.05) is 12.4 Å². The van der Waals surface area contributed by atoms with Crippen molar-refractivity contribution in [3.05, 3.63) is 50.7 Å². The van der Waals surface area contributed by atoms with E-state index in [1.54, 1.807) is 12.1 Å². The van der Waals surface area contributed by atoms with Gasteiger partial charge in [0.25, 0.3) is 5.69 Å². The Hall–Kier alpha value is -2.45. The molecule has 0 fully saturated rings. The van der Waals surface area contributed by atoms with E-state index >= 15 is 0 Å². The molecule has 2 rings (SSSR count). The number of carbonyl (C=O) groups is 1. The zero-order valence-electron chi connectivity index (χ0n) is 11.1. The summed E-state index contributed by atoms with van der Waals surface area (Å²) in [5.41, 5.74) is 6.07. The largest absolute Gasteiger partial charge is 0.494 e. The van der Waals surface area contributed by atoms with Gasteiger partial charge in [-0.25, -0.2) is 0 Å². The van der Waals surface area contributed by atoms with E-state index in [9.17, 15) is 14.9 Å². The lowest BCUT2D eigenvalue weighted by atomic mass is 10.2. The Morgan fingerprint density at radius 2 is 2.24 bits per heavy atom. The second-order valence-electron chi connectivity index (χ2n) is 4.12. The van der Waals surface area contributed by atoms with Crippen LogP contribution < -0.4 is 15.8 Å². The third-order valence-electron chi connectivity index (χ3n) is 2.79. The Morgan fingerprint density at radius 1 is 1.48 bits per heavy atom. The van der Waals surface area contributed by atoms with E-state index in [2.05, 4.69) is 5.32 Å². The fraction of sp³-hybridized carbons (Fsp3) is 0.154. The topological polar surface area (TPSA) is 107 Å². The number of nitrogens with one attached hydrogen (secondary N) is 1. The minimum atomic E-state index is -0.801. The Morgan fingerprint density at radius 3 is 2.81 bits per heavy atom. The summed E-state index contributed by atoms with van der Waals surface area (Å²) in [7, 11) is 1.37. The van der Waals surface area contributed by atoms with Crippen LogP contribution in [0.5, 0.6) is 5.75 Å².